The molecule has 1 rings (SSSR count). The molecule has 0 aromatic carbocycles. The fourth-order valence-corrected chi connectivity index (χ4v) is 0.746. The molecule has 1 aromatic rings. The molecule has 0 atom stereocenters. The first-order chi connectivity index (χ1) is 4.83. The van der Waals surface area contributed by atoms with Crippen LogP contribution in [0.1, 0.15) is 5.69 Å². The van der Waals surface area contributed by atoms with Gasteiger partial charge in [-0.3, -0.25) is 4.68 Å². The summed E-state index contributed by atoms with van der Waals surface area (Å²) in [6.07, 6.45) is 1.87. The lowest BCUT2D eigenvalue weighted by atomic mass is 10.4. The van der Waals surface area contributed by atoms with Gasteiger partial charge >= 0.3 is 0 Å². The van der Waals surface area contributed by atoms with E-state index in [0.29, 0.717) is 5.33 Å². The third-order valence-electron chi connectivity index (χ3n) is 0.997. The smallest absolute Gasteiger partial charge is 0.135 e. The Bertz CT molecular complexity index is 267. The van der Waals surface area contributed by atoms with Crippen molar-refractivity contribution in [3.63, 3.8) is 0 Å². The Kier molecular flexibility index (Phi) is 2.52. The number of halogens is 1. The first kappa shape index (κ1) is 7.36. The number of alkyl halides is 1. The largest absolute Gasteiger partial charge is 0.275 e. The van der Waals surface area contributed by atoms with Gasteiger partial charge in [-0.15, -0.1) is 0 Å². The Balaban J connectivity index is 2.76. The average Bonchev–Trinajstić information content (AvgIpc) is 2.31. The molecule has 1 heterocycles. The van der Waals surface area contributed by atoms with Crippen LogP contribution in [0.4, 0.5) is 0 Å². The summed E-state index contributed by atoms with van der Waals surface area (Å²) in [5, 5.41) is 4.77. The third kappa shape index (κ3) is 1.89. The summed E-state index contributed by atoms with van der Waals surface area (Å²) in [5.41, 5.74) is 0.821. The number of aromatic nitrogens is 2. The highest BCUT2D eigenvalue weighted by atomic mass is 79.9. The van der Waals surface area contributed by atoms with Crippen LogP contribution >= 0.6 is 15.9 Å². The highest BCUT2D eigenvalue weighted by Gasteiger charge is 1.87. The van der Waals surface area contributed by atoms with Gasteiger partial charge in [0.05, 0.1) is 5.33 Å². The van der Waals surface area contributed by atoms with Gasteiger partial charge in [-0.25, -0.2) is 0 Å². The number of hydrogen-bond acceptors (Lipinski definition) is 1. The molecule has 0 bridgehead atoms. The van der Waals surface area contributed by atoms with Gasteiger partial charge in [0.15, 0.2) is 0 Å². The van der Waals surface area contributed by atoms with Gasteiger partial charge < -0.3 is 0 Å². The lowest BCUT2D eigenvalue weighted by Crippen LogP contribution is -1.87. The summed E-state index contributed by atoms with van der Waals surface area (Å²) in [5.74, 6) is 5.76. The SMILES string of the molecule is Cn1ccc(C#CCBr)n1. The molecule has 0 radical (unpaired) electrons. The molecule has 0 saturated heterocycles. The van der Waals surface area contributed by atoms with Gasteiger partial charge in [0.25, 0.3) is 0 Å². The number of hydrogen-bond donors (Lipinski definition) is 0. The quantitative estimate of drug-likeness (QED) is 0.453. The van der Waals surface area contributed by atoms with Crippen molar-refractivity contribution in [1.82, 2.24) is 9.78 Å². The minimum atomic E-state index is 0.698. The highest BCUT2D eigenvalue weighted by Crippen LogP contribution is 1.89. The van der Waals surface area contributed by atoms with Crippen molar-refractivity contribution in [2.75, 3.05) is 5.33 Å². The van der Waals surface area contributed by atoms with Crippen LogP contribution in [0.15, 0.2) is 12.3 Å². The number of rotatable bonds is 0. The van der Waals surface area contributed by atoms with E-state index < -0.39 is 0 Å². The second-order valence-electron chi connectivity index (χ2n) is 1.81. The van der Waals surface area contributed by atoms with Gasteiger partial charge in [0.2, 0.25) is 0 Å². The van der Waals surface area contributed by atoms with Crippen molar-refractivity contribution in [1.29, 1.82) is 0 Å². The Morgan fingerprint density at radius 1 is 1.80 bits per heavy atom. The molecule has 0 amide bonds. The molecule has 0 aliphatic carbocycles. The van der Waals surface area contributed by atoms with Crippen LogP contribution in [0, 0.1) is 11.8 Å². The molecular formula is C7H7BrN2. The van der Waals surface area contributed by atoms with E-state index in [1.807, 2.05) is 19.3 Å². The van der Waals surface area contributed by atoms with Crippen LogP contribution < -0.4 is 0 Å². The maximum absolute atomic E-state index is 4.07. The normalized spacial score (nSPS) is 8.60. The highest BCUT2D eigenvalue weighted by molar-refractivity contribution is 9.09. The van der Waals surface area contributed by atoms with E-state index in [2.05, 4.69) is 32.9 Å². The van der Waals surface area contributed by atoms with E-state index in [9.17, 15) is 0 Å². The molecule has 0 aliphatic heterocycles. The van der Waals surface area contributed by atoms with E-state index >= 15 is 0 Å². The van der Waals surface area contributed by atoms with E-state index in [4.69, 9.17) is 0 Å². The summed E-state index contributed by atoms with van der Waals surface area (Å²) >= 11 is 3.21. The number of aryl methyl sites for hydroxylation is 1. The maximum Gasteiger partial charge on any atom is 0.135 e. The molecule has 0 fully saturated rings. The Morgan fingerprint density at radius 3 is 3.10 bits per heavy atom. The molecule has 52 valence electrons. The molecule has 2 nitrogen and oxygen atoms in total. The van der Waals surface area contributed by atoms with Crippen LogP contribution in [0.2, 0.25) is 0 Å². The van der Waals surface area contributed by atoms with Gasteiger partial charge in [0, 0.05) is 13.2 Å². The first-order valence-corrected chi connectivity index (χ1v) is 3.99. The minimum absolute atomic E-state index is 0.698. The molecule has 1 aromatic heterocycles. The molecule has 0 N–H and O–H groups in total. The maximum atomic E-state index is 4.07. The predicted octanol–water partition coefficient (Wildman–Crippen LogP) is 1.17. The van der Waals surface area contributed by atoms with Crippen molar-refractivity contribution in [2.24, 2.45) is 7.05 Å². The fourth-order valence-electron chi connectivity index (χ4n) is 0.606. The molecule has 0 saturated carbocycles. The Morgan fingerprint density at radius 2 is 2.60 bits per heavy atom. The van der Waals surface area contributed by atoms with Crippen LogP contribution in [0.25, 0.3) is 0 Å². The molecule has 0 unspecified atom stereocenters. The summed E-state index contributed by atoms with van der Waals surface area (Å²) in [7, 11) is 1.87. The Hall–Kier alpha value is -0.750. The number of nitrogens with zero attached hydrogens (tertiary/aromatic N) is 2. The van der Waals surface area contributed by atoms with E-state index in [1.165, 1.54) is 0 Å². The van der Waals surface area contributed by atoms with Crippen molar-refractivity contribution in [3.05, 3.63) is 18.0 Å². The average molecular weight is 199 g/mol. The van der Waals surface area contributed by atoms with E-state index in [0.717, 1.165) is 5.69 Å². The summed E-state index contributed by atoms with van der Waals surface area (Å²) in [6.45, 7) is 0. The van der Waals surface area contributed by atoms with Gasteiger partial charge in [-0.2, -0.15) is 5.10 Å². The Labute approximate surface area is 68.4 Å². The second kappa shape index (κ2) is 3.43. The van der Waals surface area contributed by atoms with Gasteiger partial charge in [-0.1, -0.05) is 21.9 Å². The molecule has 0 spiro atoms. The topological polar surface area (TPSA) is 17.8 Å². The summed E-state index contributed by atoms with van der Waals surface area (Å²) in [6, 6.07) is 1.88. The standard InChI is InChI=1S/C7H7BrN2/c1-10-6-4-7(9-10)3-2-5-8/h4,6H,5H2,1H3. The van der Waals surface area contributed by atoms with Crippen molar-refractivity contribution in [2.45, 2.75) is 0 Å². The minimum Gasteiger partial charge on any atom is -0.275 e. The van der Waals surface area contributed by atoms with Crippen LogP contribution in [-0.2, 0) is 7.05 Å². The van der Waals surface area contributed by atoms with Gasteiger partial charge in [-0.05, 0) is 12.0 Å². The monoisotopic (exact) mass is 198 g/mol. The van der Waals surface area contributed by atoms with Crippen LogP contribution in [0.3, 0.4) is 0 Å². The van der Waals surface area contributed by atoms with E-state index in [1.54, 1.807) is 4.68 Å². The molecule has 10 heavy (non-hydrogen) atoms. The zero-order valence-corrected chi connectivity index (χ0v) is 7.22. The third-order valence-corrected chi connectivity index (χ3v) is 1.28. The molecule has 3 heteroatoms. The second-order valence-corrected chi connectivity index (χ2v) is 2.37. The lowest BCUT2D eigenvalue weighted by Gasteiger charge is -1.80. The molecular weight excluding hydrogens is 192 g/mol. The van der Waals surface area contributed by atoms with Crippen molar-refractivity contribution >= 4 is 15.9 Å². The van der Waals surface area contributed by atoms with Crippen molar-refractivity contribution < 1.29 is 0 Å². The molecule has 0 aliphatic rings. The summed E-state index contributed by atoms with van der Waals surface area (Å²) < 4.78 is 1.73. The summed E-state index contributed by atoms with van der Waals surface area (Å²) in [4.78, 5) is 0. The zero-order valence-electron chi connectivity index (χ0n) is 5.63. The van der Waals surface area contributed by atoms with Crippen LogP contribution in [0.5, 0.6) is 0 Å². The van der Waals surface area contributed by atoms with Crippen molar-refractivity contribution in [3.8, 4) is 11.8 Å². The van der Waals surface area contributed by atoms with Gasteiger partial charge in [0.1, 0.15) is 5.69 Å². The lowest BCUT2D eigenvalue weighted by molar-refractivity contribution is 0.764. The van der Waals surface area contributed by atoms with E-state index in [-0.39, 0.29) is 0 Å². The van der Waals surface area contributed by atoms with Crippen LogP contribution in [-0.4, -0.2) is 15.1 Å². The first-order valence-electron chi connectivity index (χ1n) is 2.87. The fraction of sp³-hybridized carbons (Fsp3) is 0.286. The zero-order chi connectivity index (χ0) is 7.40. The predicted molar refractivity (Wildman–Crippen MR) is 43.9 cm³/mol.